The summed E-state index contributed by atoms with van der Waals surface area (Å²) in [6, 6.07) is 9.14. The largest absolute Gasteiger partial charge is 0.439 e. The van der Waals surface area contributed by atoms with Crippen molar-refractivity contribution in [2.45, 2.75) is 19.1 Å². The Morgan fingerprint density at radius 1 is 1.41 bits per heavy atom. The third-order valence-corrected chi connectivity index (χ3v) is 3.26. The molecule has 1 aromatic carbocycles. The normalized spacial score (nSPS) is 23.6. The van der Waals surface area contributed by atoms with Crippen LogP contribution >= 0.6 is 15.9 Å². The second-order valence-electron chi connectivity index (χ2n) is 3.85. The summed E-state index contributed by atoms with van der Waals surface area (Å²) in [5.41, 5.74) is 0.901. The van der Waals surface area contributed by atoms with E-state index in [0.29, 0.717) is 0 Å². The minimum atomic E-state index is -0.573. The molecule has 0 bridgehead atoms. The lowest BCUT2D eigenvalue weighted by Crippen LogP contribution is -2.38. The van der Waals surface area contributed by atoms with Crippen LogP contribution in [-0.2, 0) is 9.53 Å². The fourth-order valence-corrected chi connectivity index (χ4v) is 2.22. The number of cyclic esters (lactones) is 1. The standard InChI is InChI=1S/C12H12BrNO3/c1-8-11(9-5-3-2-4-6-9)17-12(16)14(8)10(15)7-13/h2-6,8,11H,7H2,1H3/t8-,11+/m1/s1. The third-order valence-electron chi connectivity index (χ3n) is 2.78. The van der Waals surface area contributed by atoms with Gasteiger partial charge in [0.1, 0.15) is 6.10 Å². The molecule has 4 nitrogen and oxygen atoms in total. The topological polar surface area (TPSA) is 46.6 Å². The zero-order valence-corrected chi connectivity index (χ0v) is 10.9. The van der Waals surface area contributed by atoms with Crippen LogP contribution in [0.5, 0.6) is 0 Å². The van der Waals surface area contributed by atoms with Gasteiger partial charge in [0.05, 0.1) is 11.4 Å². The first-order valence-electron chi connectivity index (χ1n) is 5.28. The van der Waals surface area contributed by atoms with Crippen LogP contribution in [0.25, 0.3) is 0 Å². The quantitative estimate of drug-likeness (QED) is 0.788. The fourth-order valence-electron chi connectivity index (χ4n) is 1.95. The minimum Gasteiger partial charge on any atom is -0.439 e. The molecule has 1 fully saturated rings. The molecule has 1 aliphatic rings. The van der Waals surface area contributed by atoms with Gasteiger partial charge in [-0.05, 0) is 12.5 Å². The molecule has 0 aliphatic carbocycles. The second-order valence-corrected chi connectivity index (χ2v) is 4.41. The number of carbonyl (C=O) groups is 2. The average molecular weight is 298 g/mol. The molecule has 0 N–H and O–H groups in total. The average Bonchev–Trinajstić information content (AvgIpc) is 2.65. The van der Waals surface area contributed by atoms with Gasteiger partial charge in [-0.15, -0.1) is 0 Å². The molecule has 1 saturated heterocycles. The van der Waals surface area contributed by atoms with Crippen LogP contribution in [0.15, 0.2) is 30.3 Å². The first kappa shape index (κ1) is 12.1. The summed E-state index contributed by atoms with van der Waals surface area (Å²) in [5.74, 6) is -0.277. The van der Waals surface area contributed by atoms with Crippen LogP contribution < -0.4 is 0 Å². The van der Waals surface area contributed by atoms with E-state index in [0.717, 1.165) is 10.5 Å². The minimum absolute atomic E-state index is 0.119. The summed E-state index contributed by atoms with van der Waals surface area (Å²) in [4.78, 5) is 24.4. The predicted molar refractivity (Wildman–Crippen MR) is 65.8 cm³/mol. The summed E-state index contributed by atoms with van der Waals surface area (Å²) in [6.07, 6.45) is -0.956. The molecule has 2 atom stereocenters. The van der Waals surface area contributed by atoms with Crippen molar-refractivity contribution in [3.8, 4) is 0 Å². The van der Waals surface area contributed by atoms with Gasteiger partial charge in [-0.1, -0.05) is 46.3 Å². The Kier molecular flexibility index (Phi) is 3.47. The summed E-state index contributed by atoms with van der Waals surface area (Å²) in [7, 11) is 0. The van der Waals surface area contributed by atoms with E-state index in [1.165, 1.54) is 0 Å². The summed E-state index contributed by atoms with van der Waals surface area (Å²) >= 11 is 3.06. The molecule has 5 heteroatoms. The Morgan fingerprint density at radius 3 is 2.65 bits per heavy atom. The van der Waals surface area contributed by atoms with Crippen molar-refractivity contribution >= 4 is 27.9 Å². The number of amides is 2. The number of nitrogens with zero attached hydrogens (tertiary/aromatic N) is 1. The van der Waals surface area contributed by atoms with Gasteiger partial charge in [-0.25, -0.2) is 9.69 Å². The van der Waals surface area contributed by atoms with Crippen molar-refractivity contribution in [2.24, 2.45) is 0 Å². The zero-order chi connectivity index (χ0) is 12.4. The number of rotatable bonds is 2. The van der Waals surface area contributed by atoms with Gasteiger partial charge in [0.25, 0.3) is 0 Å². The molecule has 1 aliphatic heterocycles. The van der Waals surface area contributed by atoms with E-state index in [-0.39, 0.29) is 23.4 Å². The molecule has 1 heterocycles. The lowest BCUT2D eigenvalue weighted by molar-refractivity contribution is -0.126. The van der Waals surface area contributed by atoms with Gasteiger partial charge in [-0.3, -0.25) is 4.79 Å². The number of ether oxygens (including phenoxy) is 1. The lowest BCUT2D eigenvalue weighted by atomic mass is 10.0. The predicted octanol–water partition coefficient (Wildman–Crippen LogP) is 2.49. The molecule has 1 aromatic rings. The van der Waals surface area contributed by atoms with E-state index in [1.54, 1.807) is 0 Å². The van der Waals surface area contributed by atoms with Crippen LogP contribution in [0, 0.1) is 0 Å². The highest BCUT2D eigenvalue weighted by Crippen LogP contribution is 2.32. The van der Waals surface area contributed by atoms with E-state index in [4.69, 9.17) is 4.74 Å². The molecular formula is C12H12BrNO3. The van der Waals surface area contributed by atoms with Gasteiger partial charge in [0.15, 0.2) is 0 Å². The lowest BCUT2D eigenvalue weighted by Gasteiger charge is -2.18. The van der Waals surface area contributed by atoms with Crippen molar-refractivity contribution < 1.29 is 14.3 Å². The Hall–Kier alpha value is -1.36. The molecule has 2 rings (SSSR count). The van der Waals surface area contributed by atoms with Gasteiger partial charge in [-0.2, -0.15) is 0 Å². The van der Waals surface area contributed by atoms with Crippen molar-refractivity contribution in [2.75, 3.05) is 5.33 Å². The molecule has 90 valence electrons. The van der Waals surface area contributed by atoms with E-state index in [1.807, 2.05) is 37.3 Å². The van der Waals surface area contributed by atoms with Crippen LogP contribution in [0.4, 0.5) is 4.79 Å². The summed E-state index contributed by atoms with van der Waals surface area (Å²) in [5, 5.41) is 0.119. The first-order valence-corrected chi connectivity index (χ1v) is 6.41. The number of halogens is 1. The molecular weight excluding hydrogens is 286 g/mol. The Labute approximate surface area is 108 Å². The first-order chi connectivity index (χ1) is 8.15. The van der Waals surface area contributed by atoms with E-state index in [2.05, 4.69) is 15.9 Å². The number of alkyl halides is 1. The van der Waals surface area contributed by atoms with Gasteiger partial charge < -0.3 is 4.74 Å². The zero-order valence-electron chi connectivity index (χ0n) is 9.30. The van der Waals surface area contributed by atoms with Gasteiger partial charge in [0, 0.05) is 0 Å². The third kappa shape index (κ3) is 2.20. The molecule has 0 unspecified atom stereocenters. The maximum absolute atomic E-state index is 11.6. The second kappa shape index (κ2) is 4.87. The van der Waals surface area contributed by atoms with Crippen LogP contribution in [-0.4, -0.2) is 28.3 Å². The number of imide groups is 1. The smallest absolute Gasteiger partial charge is 0.417 e. The monoisotopic (exact) mass is 297 g/mol. The van der Waals surface area contributed by atoms with E-state index >= 15 is 0 Å². The highest BCUT2D eigenvalue weighted by atomic mass is 79.9. The fraction of sp³-hybridized carbons (Fsp3) is 0.333. The van der Waals surface area contributed by atoms with Crippen molar-refractivity contribution in [1.29, 1.82) is 0 Å². The number of hydrogen-bond donors (Lipinski definition) is 0. The van der Waals surface area contributed by atoms with Gasteiger partial charge >= 0.3 is 6.09 Å². The van der Waals surface area contributed by atoms with E-state index in [9.17, 15) is 9.59 Å². The maximum atomic E-state index is 11.6. The highest BCUT2D eigenvalue weighted by Gasteiger charge is 2.42. The Bertz CT molecular complexity index is 435. The van der Waals surface area contributed by atoms with Crippen molar-refractivity contribution in [3.05, 3.63) is 35.9 Å². The maximum Gasteiger partial charge on any atom is 0.417 e. The SMILES string of the molecule is C[C@@H]1[C@@H](c2ccccc2)OC(=O)N1C(=O)CBr. The Morgan fingerprint density at radius 2 is 2.06 bits per heavy atom. The molecule has 0 radical (unpaired) electrons. The number of benzene rings is 1. The van der Waals surface area contributed by atoms with Crippen molar-refractivity contribution in [1.82, 2.24) is 4.90 Å². The molecule has 0 aromatic heterocycles. The number of carbonyl (C=O) groups excluding carboxylic acids is 2. The van der Waals surface area contributed by atoms with Crippen molar-refractivity contribution in [3.63, 3.8) is 0 Å². The van der Waals surface area contributed by atoms with Gasteiger partial charge in [0.2, 0.25) is 5.91 Å². The highest BCUT2D eigenvalue weighted by molar-refractivity contribution is 9.09. The molecule has 0 spiro atoms. The number of hydrogen-bond acceptors (Lipinski definition) is 3. The van der Waals surface area contributed by atoms with Crippen LogP contribution in [0.2, 0.25) is 0 Å². The molecule has 17 heavy (non-hydrogen) atoms. The molecule has 2 amide bonds. The summed E-state index contributed by atoms with van der Waals surface area (Å²) in [6.45, 7) is 1.81. The Balaban J connectivity index is 2.24. The summed E-state index contributed by atoms with van der Waals surface area (Å²) < 4.78 is 5.24. The van der Waals surface area contributed by atoms with Crippen LogP contribution in [0.3, 0.4) is 0 Å². The van der Waals surface area contributed by atoms with Crippen LogP contribution in [0.1, 0.15) is 18.6 Å². The van der Waals surface area contributed by atoms with E-state index < -0.39 is 6.09 Å². The molecule has 0 saturated carbocycles.